The standard InChI is InChI=1S/C7H13F2NO2/c1-7(2,5(8)9)6(11)10(3)12-4/h5H,1-4H3. The molecule has 0 heterocycles. The van der Waals surface area contributed by atoms with Gasteiger partial charge in [0.2, 0.25) is 0 Å². The lowest BCUT2D eigenvalue weighted by Crippen LogP contribution is -2.42. The SMILES string of the molecule is CON(C)C(=O)C(C)(C)C(F)F. The number of hydrogen-bond donors (Lipinski definition) is 0. The predicted octanol–water partition coefficient (Wildman–Crippen LogP) is 1.30. The van der Waals surface area contributed by atoms with Gasteiger partial charge in [-0.15, -0.1) is 0 Å². The maximum atomic E-state index is 12.3. The van der Waals surface area contributed by atoms with E-state index in [1.807, 2.05) is 0 Å². The summed E-state index contributed by atoms with van der Waals surface area (Å²) in [6.07, 6.45) is -2.69. The smallest absolute Gasteiger partial charge is 0.257 e. The number of carbonyl (C=O) groups is 1. The zero-order valence-corrected chi connectivity index (χ0v) is 7.60. The van der Waals surface area contributed by atoms with Gasteiger partial charge in [0.05, 0.1) is 7.11 Å². The Balaban J connectivity index is 4.46. The van der Waals surface area contributed by atoms with Crippen LogP contribution < -0.4 is 0 Å². The molecule has 0 radical (unpaired) electrons. The summed E-state index contributed by atoms with van der Waals surface area (Å²) in [6, 6.07) is 0. The molecular formula is C7H13F2NO2. The first kappa shape index (κ1) is 11.3. The van der Waals surface area contributed by atoms with E-state index in [9.17, 15) is 13.6 Å². The van der Waals surface area contributed by atoms with Gasteiger partial charge in [0, 0.05) is 7.05 Å². The van der Waals surface area contributed by atoms with E-state index in [0.717, 1.165) is 5.06 Å². The lowest BCUT2D eigenvalue weighted by Gasteiger charge is -2.26. The van der Waals surface area contributed by atoms with Crippen LogP contribution in [0.2, 0.25) is 0 Å². The second-order valence-corrected chi connectivity index (χ2v) is 3.01. The lowest BCUT2D eigenvalue weighted by molar-refractivity contribution is -0.186. The molecule has 0 spiro atoms. The molecule has 72 valence electrons. The minimum absolute atomic E-state index is 0.736. The van der Waals surface area contributed by atoms with Crippen molar-refractivity contribution in [2.75, 3.05) is 14.2 Å². The van der Waals surface area contributed by atoms with Crippen molar-refractivity contribution in [1.29, 1.82) is 0 Å². The number of hydrogen-bond acceptors (Lipinski definition) is 2. The zero-order chi connectivity index (χ0) is 9.94. The summed E-state index contributed by atoms with van der Waals surface area (Å²) >= 11 is 0. The Morgan fingerprint density at radius 3 is 2.17 bits per heavy atom. The first-order chi connectivity index (χ1) is 5.34. The second kappa shape index (κ2) is 3.80. The molecule has 1 amide bonds. The minimum Gasteiger partial charge on any atom is -0.275 e. The first-order valence-corrected chi connectivity index (χ1v) is 3.44. The van der Waals surface area contributed by atoms with Gasteiger partial charge in [0.25, 0.3) is 12.3 Å². The summed E-state index contributed by atoms with van der Waals surface area (Å²) in [5, 5.41) is 0.798. The molecule has 0 unspecified atom stereocenters. The molecule has 0 aliphatic rings. The normalized spacial score (nSPS) is 11.9. The van der Waals surface area contributed by atoms with Gasteiger partial charge in [-0.3, -0.25) is 9.63 Å². The first-order valence-electron chi connectivity index (χ1n) is 3.44. The summed E-state index contributed by atoms with van der Waals surface area (Å²) < 4.78 is 24.5. The quantitative estimate of drug-likeness (QED) is 0.614. The minimum atomic E-state index is -2.69. The van der Waals surface area contributed by atoms with Crippen LogP contribution >= 0.6 is 0 Å². The van der Waals surface area contributed by atoms with Crippen molar-refractivity contribution in [2.45, 2.75) is 20.3 Å². The number of carbonyl (C=O) groups excluding carboxylic acids is 1. The molecule has 0 N–H and O–H groups in total. The Bertz CT molecular complexity index is 171. The van der Waals surface area contributed by atoms with E-state index >= 15 is 0 Å². The Morgan fingerprint density at radius 1 is 1.50 bits per heavy atom. The molecule has 0 saturated carbocycles. The van der Waals surface area contributed by atoms with Crippen molar-refractivity contribution in [3.63, 3.8) is 0 Å². The monoisotopic (exact) mass is 181 g/mol. The molecule has 3 nitrogen and oxygen atoms in total. The van der Waals surface area contributed by atoms with Crippen molar-refractivity contribution in [3.8, 4) is 0 Å². The number of rotatable bonds is 3. The van der Waals surface area contributed by atoms with Crippen LogP contribution in [0.5, 0.6) is 0 Å². The molecule has 0 fully saturated rings. The number of hydroxylamine groups is 2. The molecule has 0 aromatic carbocycles. The molecule has 0 rings (SSSR count). The van der Waals surface area contributed by atoms with E-state index in [-0.39, 0.29) is 0 Å². The van der Waals surface area contributed by atoms with Gasteiger partial charge >= 0.3 is 0 Å². The Morgan fingerprint density at radius 2 is 1.92 bits per heavy atom. The third kappa shape index (κ3) is 2.14. The van der Waals surface area contributed by atoms with E-state index in [4.69, 9.17) is 0 Å². The maximum Gasteiger partial charge on any atom is 0.257 e. The van der Waals surface area contributed by atoms with Gasteiger partial charge in [-0.1, -0.05) is 0 Å². The van der Waals surface area contributed by atoms with Crippen molar-refractivity contribution >= 4 is 5.91 Å². The van der Waals surface area contributed by atoms with E-state index < -0.39 is 17.7 Å². The topological polar surface area (TPSA) is 29.5 Å². The molecule has 5 heteroatoms. The predicted molar refractivity (Wildman–Crippen MR) is 39.6 cm³/mol. The maximum absolute atomic E-state index is 12.3. The van der Waals surface area contributed by atoms with Crippen LogP contribution in [0.3, 0.4) is 0 Å². The highest BCUT2D eigenvalue weighted by Gasteiger charge is 2.39. The number of alkyl halides is 2. The van der Waals surface area contributed by atoms with Gasteiger partial charge in [-0.2, -0.15) is 0 Å². The Kier molecular flexibility index (Phi) is 3.57. The average Bonchev–Trinajstić information content (AvgIpc) is 2.01. The van der Waals surface area contributed by atoms with Crippen LogP contribution in [0.1, 0.15) is 13.8 Å². The fourth-order valence-electron chi connectivity index (χ4n) is 0.582. The van der Waals surface area contributed by atoms with Crippen LogP contribution in [0.25, 0.3) is 0 Å². The average molecular weight is 181 g/mol. The highest BCUT2D eigenvalue weighted by Crippen LogP contribution is 2.26. The van der Waals surface area contributed by atoms with Gasteiger partial charge in [-0.05, 0) is 13.8 Å². The van der Waals surface area contributed by atoms with E-state index in [1.54, 1.807) is 0 Å². The molecule has 0 aliphatic heterocycles. The lowest BCUT2D eigenvalue weighted by atomic mass is 9.93. The van der Waals surface area contributed by atoms with Crippen LogP contribution in [0, 0.1) is 5.41 Å². The number of halogens is 2. The third-order valence-corrected chi connectivity index (χ3v) is 1.66. The van der Waals surface area contributed by atoms with Crippen LogP contribution in [-0.4, -0.2) is 31.6 Å². The molecule has 0 bridgehead atoms. The van der Waals surface area contributed by atoms with Crippen molar-refractivity contribution in [2.24, 2.45) is 5.41 Å². The molecule has 12 heavy (non-hydrogen) atoms. The van der Waals surface area contributed by atoms with Crippen LogP contribution in [-0.2, 0) is 9.63 Å². The van der Waals surface area contributed by atoms with E-state index in [1.165, 1.54) is 28.0 Å². The fourth-order valence-corrected chi connectivity index (χ4v) is 0.582. The Labute approximate surface area is 70.2 Å². The largest absolute Gasteiger partial charge is 0.275 e. The van der Waals surface area contributed by atoms with Gasteiger partial charge in [-0.25, -0.2) is 13.8 Å². The van der Waals surface area contributed by atoms with E-state index in [2.05, 4.69) is 4.84 Å². The van der Waals surface area contributed by atoms with Crippen LogP contribution in [0.4, 0.5) is 8.78 Å². The third-order valence-electron chi connectivity index (χ3n) is 1.66. The molecule has 0 aromatic heterocycles. The summed E-state index contributed by atoms with van der Waals surface area (Å²) in [5.41, 5.74) is -1.69. The van der Waals surface area contributed by atoms with Crippen LogP contribution in [0.15, 0.2) is 0 Å². The molecule has 0 atom stereocenters. The zero-order valence-electron chi connectivity index (χ0n) is 7.60. The van der Waals surface area contributed by atoms with Crippen molar-refractivity contribution < 1.29 is 18.4 Å². The summed E-state index contributed by atoms with van der Waals surface area (Å²) in [6.45, 7) is 2.35. The second-order valence-electron chi connectivity index (χ2n) is 3.01. The Hall–Kier alpha value is -0.710. The molecular weight excluding hydrogens is 168 g/mol. The van der Waals surface area contributed by atoms with E-state index in [0.29, 0.717) is 0 Å². The highest BCUT2D eigenvalue weighted by molar-refractivity contribution is 5.81. The van der Waals surface area contributed by atoms with Gasteiger partial charge < -0.3 is 0 Å². The highest BCUT2D eigenvalue weighted by atomic mass is 19.3. The molecule has 0 aromatic rings. The molecule has 0 aliphatic carbocycles. The number of amides is 1. The molecule has 0 saturated heterocycles. The summed E-state index contributed by atoms with van der Waals surface area (Å²) in [7, 11) is 2.55. The summed E-state index contributed by atoms with van der Waals surface area (Å²) in [4.78, 5) is 15.7. The van der Waals surface area contributed by atoms with Gasteiger partial charge in [0.1, 0.15) is 5.41 Å². The van der Waals surface area contributed by atoms with Gasteiger partial charge in [0.15, 0.2) is 0 Å². The summed E-state index contributed by atoms with van der Waals surface area (Å²) in [5.74, 6) is -0.736. The van der Waals surface area contributed by atoms with Crippen molar-refractivity contribution in [3.05, 3.63) is 0 Å². The van der Waals surface area contributed by atoms with Crippen molar-refractivity contribution in [1.82, 2.24) is 5.06 Å². The number of nitrogens with zero attached hydrogens (tertiary/aromatic N) is 1. The fraction of sp³-hybridized carbons (Fsp3) is 0.857.